The van der Waals surface area contributed by atoms with E-state index in [1.807, 2.05) is 35.0 Å². The highest BCUT2D eigenvalue weighted by molar-refractivity contribution is 9.10. The SMILES string of the molecule is CCCCCC(=O)OC(c1ccc(Br)cc1)C(Br)n1ccnc1. The number of unbranched alkanes of at least 4 members (excludes halogenated alkanes) is 2. The van der Waals surface area contributed by atoms with Gasteiger partial charge in [-0.05, 0) is 24.1 Å². The molecule has 4 nitrogen and oxygen atoms in total. The zero-order valence-corrected chi connectivity index (χ0v) is 16.2. The lowest BCUT2D eigenvalue weighted by Crippen LogP contribution is -2.18. The van der Waals surface area contributed by atoms with Gasteiger partial charge >= 0.3 is 5.97 Å². The minimum Gasteiger partial charge on any atom is -0.454 e. The van der Waals surface area contributed by atoms with Gasteiger partial charge in [0.15, 0.2) is 6.10 Å². The van der Waals surface area contributed by atoms with Crippen LogP contribution in [0.25, 0.3) is 0 Å². The molecule has 0 spiro atoms. The number of nitrogens with zero attached hydrogens (tertiary/aromatic N) is 2. The van der Waals surface area contributed by atoms with Crippen molar-refractivity contribution in [2.45, 2.75) is 43.7 Å². The average Bonchev–Trinajstić information content (AvgIpc) is 3.08. The molecule has 0 amide bonds. The molecule has 0 N–H and O–H groups in total. The molecule has 2 atom stereocenters. The van der Waals surface area contributed by atoms with Crippen LogP contribution in [0.5, 0.6) is 0 Å². The molecular weight excluding hydrogens is 424 g/mol. The van der Waals surface area contributed by atoms with E-state index in [-0.39, 0.29) is 10.9 Å². The van der Waals surface area contributed by atoms with Gasteiger partial charge in [0, 0.05) is 23.3 Å². The molecule has 1 aromatic carbocycles. The van der Waals surface area contributed by atoms with E-state index in [0.717, 1.165) is 29.3 Å². The van der Waals surface area contributed by atoms with E-state index in [4.69, 9.17) is 4.74 Å². The normalized spacial score (nSPS) is 13.5. The number of carbonyl (C=O) groups excluding carboxylic acids is 1. The minimum absolute atomic E-state index is 0.170. The maximum Gasteiger partial charge on any atom is 0.306 e. The highest BCUT2D eigenvalue weighted by Gasteiger charge is 2.26. The number of esters is 1. The van der Waals surface area contributed by atoms with Crippen molar-refractivity contribution >= 4 is 37.8 Å². The van der Waals surface area contributed by atoms with E-state index in [9.17, 15) is 4.79 Å². The summed E-state index contributed by atoms with van der Waals surface area (Å²) in [6, 6.07) is 7.81. The third-order valence-electron chi connectivity index (χ3n) is 3.50. The summed E-state index contributed by atoms with van der Waals surface area (Å²) < 4.78 is 8.63. The lowest BCUT2D eigenvalue weighted by Gasteiger charge is -2.24. The first-order valence-corrected chi connectivity index (χ1v) is 9.39. The average molecular weight is 444 g/mol. The number of carbonyl (C=O) groups is 1. The van der Waals surface area contributed by atoms with Crippen LogP contribution in [0.3, 0.4) is 0 Å². The van der Waals surface area contributed by atoms with Crippen molar-refractivity contribution in [3.63, 3.8) is 0 Å². The highest BCUT2D eigenvalue weighted by atomic mass is 79.9. The second kappa shape index (κ2) is 9.23. The smallest absolute Gasteiger partial charge is 0.306 e. The van der Waals surface area contributed by atoms with Gasteiger partial charge in [0.1, 0.15) is 4.95 Å². The molecule has 0 saturated heterocycles. The zero-order valence-electron chi connectivity index (χ0n) is 13.0. The molecule has 1 aromatic heterocycles. The Labute approximate surface area is 153 Å². The van der Waals surface area contributed by atoms with Crippen LogP contribution < -0.4 is 0 Å². The van der Waals surface area contributed by atoms with Gasteiger partial charge in [0.05, 0.1) is 6.33 Å². The summed E-state index contributed by atoms with van der Waals surface area (Å²) in [5.74, 6) is -0.170. The quantitative estimate of drug-likeness (QED) is 0.311. The van der Waals surface area contributed by atoms with E-state index in [2.05, 4.69) is 43.8 Å². The summed E-state index contributed by atoms with van der Waals surface area (Å²) in [6.45, 7) is 2.11. The molecular formula is C17H20Br2N2O2. The van der Waals surface area contributed by atoms with Crippen LogP contribution in [-0.4, -0.2) is 15.5 Å². The van der Waals surface area contributed by atoms with E-state index in [0.29, 0.717) is 6.42 Å². The van der Waals surface area contributed by atoms with Crippen LogP contribution in [0.1, 0.15) is 49.2 Å². The second-order valence-corrected chi connectivity index (χ2v) is 7.16. The first kappa shape index (κ1) is 18.2. The van der Waals surface area contributed by atoms with Crippen LogP contribution >= 0.6 is 31.9 Å². The highest BCUT2D eigenvalue weighted by Crippen LogP contribution is 2.35. The van der Waals surface area contributed by atoms with Crippen molar-refractivity contribution in [1.82, 2.24) is 9.55 Å². The molecule has 0 radical (unpaired) electrons. The second-order valence-electron chi connectivity index (χ2n) is 5.30. The van der Waals surface area contributed by atoms with Gasteiger partial charge in [-0.3, -0.25) is 4.79 Å². The van der Waals surface area contributed by atoms with Gasteiger partial charge in [-0.2, -0.15) is 0 Å². The maximum atomic E-state index is 12.2. The Morgan fingerprint density at radius 1 is 1.30 bits per heavy atom. The lowest BCUT2D eigenvalue weighted by atomic mass is 10.1. The van der Waals surface area contributed by atoms with Crippen molar-refractivity contribution in [3.05, 3.63) is 53.0 Å². The molecule has 124 valence electrons. The molecule has 2 aromatic rings. The molecule has 0 aliphatic carbocycles. The molecule has 0 bridgehead atoms. The van der Waals surface area contributed by atoms with Crippen molar-refractivity contribution in [2.75, 3.05) is 0 Å². The van der Waals surface area contributed by atoms with E-state index in [1.165, 1.54) is 0 Å². The van der Waals surface area contributed by atoms with E-state index in [1.54, 1.807) is 12.5 Å². The van der Waals surface area contributed by atoms with E-state index >= 15 is 0 Å². The monoisotopic (exact) mass is 442 g/mol. The summed E-state index contributed by atoms with van der Waals surface area (Å²) in [6.07, 6.45) is 8.27. The predicted molar refractivity (Wildman–Crippen MR) is 97.3 cm³/mol. The van der Waals surface area contributed by atoms with Gasteiger partial charge in [-0.25, -0.2) is 4.98 Å². The summed E-state index contributed by atoms with van der Waals surface area (Å²) in [4.78, 5) is 16.0. The molecule has 6 heteroatoms. The molecule has 0 fully saturated rings. The number of benzene rings is 1. The van der Waals surface area contributed by atoms with Crippen LogP contribution in [-0.2, 0) is 9.53 Å². The number of halogens is 2. The molecule has 0 aliphatic rings. The number of aromatic nitrogens is 2. The number of hydrogen-bond donors (Lipinski definition) is 0. The van der Waals surface area contributed by atoms with Crippen LogP contribution in [0.15, 0.2) is 47.5 Å². The third kappa shape index (κ3) is 5.46. The summed E-state index contributed by atoms with van der Waals surface area (Å²) in [5, 5.41) is 0. The van der Waals surface area contributed by atoms with Crippen LogP contribution in [0.2, 0.25) is 0 Å². The summed E-state index contributed by atoms with van der Waals surface area (Å²) >= 11 is 7.06. The van der Waals surface area contributed by atoms with Gasteiger partial charge in [-0.1, -0.05) is 63.8 Å². The Bertz CT molecular complexity index is 600. The van der Waals surface area contributed by atoms with Gasteiger partial charge in [0.25, 0.3) is 0 Å². The summed E-state index contributed by atoms with van der Waals surface area (Å²) in [7, 11) is 0. The molecule has 23 heavy (non-hydrogen) atoms. The third-order valence-corrected chi connectivity index (χ3v) is 4.98. The fraction of sp³-hybridized carbons (Fsp3) is 0.412. The first-order chi connectivity index (χ1) is 11.1. The number of alkyl halides is 1. The fourth-order valence-electron chi connectivity index (χ4n) is 2.23. The van der Waals surface area contributed by atoms with Crippen LogP contribution in [0.4, 0.5) is 0 Å². The van der Waals surface area contributed by atoms with E-state index < -0.39 is 6.10 Å². The number of hydrogen-bond acceptors (Lipinski definition) is 3. The maximum absolute atomic E-state index is 12.2. The van der Waals surface area contributed by atoms with Crippen LogP contribution in [0, 0.1) is 0 Å². The molecule has 0 saturated carbocycles. The lowest BCUT2D eigenvalue weighted by molar-refractivity contribution is -0.150. The standard InChI is InChI=1S/C17H20Br2N2O2/c1-2-3-4-5-15(22)23-16(13-6-8-14(18)9-7-13)17(19)21-11-10-20-12-21/h6-12,16-17H,2-5H2,1H3. The van der Waals surface area contributed by atoms with Crippen molar-refractivity contribution < 1.29 is 9.53 Å². The van der Waals surface area contributed by atoms with Crippen molar-refractivity contribution in [1.29, 1.82) is 0 Å². The van der Waals surface area contributed by atoms with Crippen molar-refractivity contribution in [2.24, 2.45) is 0 Å². The zero-order chi connectivity index (χ0) is 16.7. The topological polar surface area (TPSA) is 44.1 Å². The summed E-state index contributed by atoms with van der Waals surface area (Å²) in [5.41, 5.74) is 0.938. The van der Waals surface area contributed by atoms with Gasteiger partial charge in [-0.15, -0.1) is 0 Å². The fourth-order valence-corrected chi connectivity index (χ4v) is 3.15. The first-order valence-electron chi connectivity index (χ1n) is 7.68. The van der Waals surface area contributed by atoms with Gasteiger partial charge in [0.2, 0.25) is 0 Å². The Morgan fingerprint density at radius 3 is 2.65 bits per heavy atom. The molecule has 2 rings (SSSR count). The number of ether oxygens (including phenoxy) is 1. The van der Waals surface area contributed by atoms with Crippen molar-refractivity contribution in [3.8, 4) is 0 Å². The van der Waals surface area contributed by atoms with Gasteiger partial charge < -0.3 is 9.30 Å². The molecule has 1 heterocycles. The Morgan fingerprint density at radius 2 is 2.04 bits per heavy atom. The Hall–Kier alpha value is -1.14. The number of imidazole rings is 1. The molecule has 0 aliphatic heterocycles. The predicted octanol–water partition coefficient (Wildman–Crippen LogP) is 5.40. The Balaban J connectivity index is 2.14. The molecule has 2 unspecified atom stereocenters. The Kier molecular flexibility index (Phi) is 7.30. The minimum atomic E-state index is -0.411. The largest absolute Gasteiger partial charge is 0.454 e. The number of rotatable bonds is 8.